The van der Waals surface area contributed by atoms with Gasteiger partial charge in [0.05, 0.1) is 12.5 Å². The Labute approximate surface area is 111 Å². The van der Waals surface area contributed by atoms with Gasteiger partial charge in [0.2, 0.25) is 0 Å². The second-order valence-corrected chi connectivity index (χ2v) is 6.07. The fourth-order valence-electron chi connectivity index (χ4n) is 1.84. The molecule has 1 aromatic rings. The van der Waals surface area contributed by atoms with Gasteiger partial charge in [-0.1, -0.05) is 45.0 Å². The summed E-state index contributed by atoms with van der Waals surface area (Å²) in [4.78, 5) is 2.22. The second kappa shape index (κ2) is 6.02. The average molecular weight is 244 g/mol. The lowest BCUT2D eigenvalue weighted by atomic mass is 9.87. The van der Waals surface area contributed by atoms with E-state index in [4.69, 9.17) is 5.26 Å². The molecule has 0 saturated carbocycles. The zero-order valence-electron chi connectivity index (χ0n) is 12.2. The maximum atomic E-state index is 8.70. The highest BCUT2D eigenvalue weighted by Gasteiger charge is 2.13. The lowest BCUT2D eigenvalue weighted by Gasteiger charge is -2.23. The van der Waals surface area contributed by atoms with Crippen LogP contribution < -0.4 is 0 Å². The Morgan fingerprint density at radius 2 is 1.78 bits per heavy atom. The molecule has 0 N–H and O–H groups in total. The first-order valence-electron chi connectivity index (χ1n) is 6.51. The quantitative estimate of drug-likeness (QED) is 0.807. The first-order chi connectivity index (χ1) is 8.34. The third-order valence-electron chi connectivity index (χ3n) is 3.39. The molecule has 1 rings (SSSR count). The van der Waals surface area contributed by atoms with E-state index in [0.717, 1.165) is 6.54 Å². The molecule has 1 aromatic carbocycles. The van der Waals surface area contributed by atoms with Gasteiger partial charge in [0, 0.05) is 12.6 Å². The minimum absolute atomic E-state index is 0.207. The maximum Gasteiger partial charge on any atom is 0.0638 e. The monoisotopic (exact) mass is 244 g/mol. The predicted octanol–water partition coefficient (Wildman–Crippen LogP) is 3.72. The molecule has 0 bridgehead atoms. The SMILES string of the molecule is CC(CC#N)N(C)Cc1ccc(C(C)(C)C)cc1. The lowest BCUT2D eigenvalue weighted by molar-refractivity contribution is 0.252. The van der Waals surface area contributed by atoms with Crippen molar-refractivity contribution in [2.45, 2.75) is 52.1 Å². The molecule has 18 heavy (non-hydrogen) atoms. The third-order valence-corrected chi connectivity index (χ3v) is 3.39. The Morgan fingerprint density at radius 1 is 1.22 bits per heavy atom. The summed E-state index contributed by atoms with van der Waals surface area (Å²) in [5, 5.41) is 8.70. The Hall–Kier alpha value is -1.33. The number of benzene rings is 1. The number of nitriles is 1. The van der Waals surface area contributed by atoms with Crippen LogP contribution in [0.5, 0.6) is 0 Å². The largest absolute Gasteiger partial charge is 0.298 e. The summed E-state index contributed by atoms with van der Waals surface area (Å²) < 4.78 is 0. The van der Waals surface area contributed by atoms with Crippen LogP contribution in [0.4, 0.5) is 0 Å². The minimum Gasteiger partial charge on any atom is -0.298 e. The Kier molecular flexibility index (Phi) is 4.93. The van der Waals surface area contributed by atoms with Crippen LogP contribution >= 0.6 is 0 Å². The summed E-state index contributed by atoms with van der Waals surface area (Å²) in [6, 6.07) is 11.3. The van der Waals surface area contributed by atoms with Gasteiger partial charge in [-0.25, -0.2) is 0 Å². The van der Waals surface area contributed by atoms with Gasteiger partial charge in [0.1, 0.15) is 0 Å². The molecule has 0 aromatic heterocycles. The highest BCUT2D eigenvalue weighted by molar-refractivity contribution is 5.27. The molecule has 2 heteroatoms. The first kappa shape index (κ1) is 14.7. The molecule has 0 radical (unpaired) electrons. The predicted molar refractivity (Wildman–Crippen MR) is 76.3 cm³/mol. The van der Waals surface area contributed by atoms with Crippen molar-refractivity contribution in [1.29, 1.82) is 5.26 Å². The van der Waals surface area contributed by atoms with Crippen LogP contribution in [0.1, 0.15) is 45.2 Å². The topological polar surface area (TPSA) is 27.0 Å². The molecule has 0 amide bonds. The van der Waals surface area contributed by atoms with Crippen LogP contribution in [0.3, 0.4) is 0 Å². The van der Waals surface area contributed by atoms with Gasteiger partial charge in [0.25, 0.3) is 0 Å². The van der Waals surface area contributed by atoms with Crippen LogP contribution in [-0.4, -0.2) is 18.0 Å². The summed E-state index contributed by atoms with van der Waals surface area (Å²) >= 11 is 0. The number of hydrogen-bond acceptors (Lipinski definition) is 2. The number of nitrogens with zero attached hydrogens (tertiary/aromatic N) is 2. The molecule has 0 aliphatic heterocycles. The Morgan fingerprint density at radius 3 is 2.22 bits per heavy atom. The summed E-state index contributed by atoms with van der Waals surface area (Å²) in [6.45, 7) is 9.66. The van der Waals surface area contributed by atoms with E-state index in [1.54, 1.807) is 0 Å². The molecule has 0 aliphatic carbocycles. The van der Waals surface area contributed by atoms with Gasteiger partial charge in [-0.3, -0.25) is 4.90 Å². The number of rotatable bonds is 4. The molecule has 0 fully saturated rings. The standard InChI is InChI=1S/C16H24N2/c1-13(10-11-17)18(5)12-14-6-8-15(9-7-14)16(2,3)4/h6-9,13H,10,12H2,1-5H3. The van der Waals surface area contributed by atoms with Crippen molar-refractivity contribution in [1.82, 2.24) is 4.90 Å². The van der Waals surface area contributed by atoms with Crippen molar-refractivity contribution in [3.63, 3.8) is 0 Å². The molecule has 0 saturated heterocycles. The van der Waals surface area contributed by atoms with E-state index >= 15 is 0 Å². The molecular weight excluding hydrogens is 220 g/mol. The highest BCUT2D eigenvalue weighted by Crippen LogP contribution is 2.22. The summed E-state index contributed by atoms with van der Waals surface area (Å²) in [7, 11) is 2.07. The van der Waals surface area contributed by atoms with E-state index in [9.17, 15) is 0 Å². The van der Waals surface area contributed by atoms with Crippen LogP contribution in [0.2, 0.25) is 0 Å². The molecule has 0 aliphatic rings. The molecule has 1 unspecified atom stereocenters. The van der Waals surface area contributed by atoms with Crippen molar-refractivity contribution in [2.75, 3.05) is 7.05 Å². The van der Waals surface area contributed by atoms with Gasteiger partial charge in [-0.15, -0.1) is 0 Å². The fourth-order valence-corrected chi connectivity index (χ4v) is 1.84. The molecule has 0 spiro atoms. The zero-order valence-corrected chi connectivity index (χ0v) is 12.2. The fraction of sp³-hybridized carbons (Fsp3) is 0.562. The van der Waals surface area contributed by atoms with E-state index in [1.165, 1.54) is 11.1 Å². The average Bonchev–Trinajstić information content (AvgIpc) is 2.28. The molecule has 98 valence electrons. The van der Waals surface area contributed by atoms with Crippen LogP contribution in [0.25, 0.3) is 0 Å². The van der Waals surface area contributed by atoms with Crippen molar-refractivity contribution in [3.05, 3.63) is 35.4 Å². The van der Waals surface area contributed by atoms with E-state index in [2.05, 4.69) is 70.0 Å². The smallest absolute Gasteiger partial charge is 0.0638 e. The normalized spacial score (nSPS) is 13.4. The molecular formula is C16H24N2. The van der Waals surface area contributed by atoms with Gasteiger partial charge in [-0.2, -0.15) is 5.26 Å². The maximum absolute atomic E-state index is 8.70. The highest BCUT2D eigenvalue weighted by atomic mass is 15.1. The van der Waals surface area contributed by atoms with Crippen molar-refractivity contribution in [3.8, 4) is 6.07 Å². The Bertz CT molecular complexity index is 406. The lowest BCUT2D eigenvalue weighted by Crippen LogP contribution is -2.28. The van der Waals surface area contributed by atoms with Gasteiger partial charge < -0.3 is 0 Å². The van der Waals surface area contributed by atoms with Crippen molar-refractivity contribution < 1.29 is 0 Å². The molecule has 0 heterocycles. The minimum atomic E-state index is 0.207. The van der Waals surface area contributed by atoms with Crippen LogP contribution in [0.15, 0.2) is 24.3 Å². The van der Waals surface area contributed by atoms with E-state index in [-0.39, 0.29) is 5.41 Å². The summed E-state index contributed by atoms with van der Waals surface area (Å²) in [6.07, 6.45) is 0.580. The van der Waals surface area contributed by atoms with E-state index in [1.807, 2.05) is 0 Å². The van der Waals surface area contributed by atoms with Crippen molar-refractivity contribution in [2.24, 2.45) is 0 Å². The van der Waals surface area contributed by atoms with Gasteiger partial charge in [0.15, 0.2) is 0 Å². The summed E-state index contributed by atoms with van der Waals surface area (Å²) in [5.41, 5.74) is 2.87. The van der Waals surface area contributed by atoms with E-state index in [0.29, 0.717) is 12.5 Å². The van der Waals surface area contributed by atoms with Gasteiger partial charge in [-0.05, 0) is 30.5 Å². The molecule has 2 nitrogen and oxygen atoms in total. The van der Waals surface area contributed by atoms with Crippen LogP contribution in [-0.2, 0) is 12.0 Å². The Balaban J connectivity index is 2.67. The second-order valence-electron chi connectivity index (χ2n) is 6.07. The van der Waals surface area contributed by atoms with Crippen LogP contribution in [0, 0.1) is 11.3 Å². The number of hydrogen-bond donors (Lipinski definition) is 0. The molecule has 1 atom stereocenters. The van der Waals surface area contributed by atoms with E-state index < -0.39 is 0 Å². The van der Waals surface area contributed by atoms with Crippen molar-refractivity contribution >= 4 is 0 Å². The van der Waals surface area contributed by atoms with Gasteiger partial charge >= 0.3 is 0 Å². The third kappa shape index (κ3) is 4.16. The first-order valence-corrected chi connectivity index (χ1v) is 6.51. The summed E-state index contributed by atoms with van der Waals surface area (Å²) in [5.74, 6) is 0. The zero-order chi connectivity index (χ0) is 13.8.